The highest BCUT2D eigenvalue weighted by Crippen LogP contribution is 2.36. The van der Waals surface area contributed by atoms with E-state index in [2.05, 4.69) is 59.2 Å². The molecule has 2 N–H and O–H groups in total. The molecule has 1 atom stereocenters. The van der Waals surface area contributed by atoms with E-state index in [1.54, 1.807) is 0 Å². The molecule has 0 radical (unpaired) electrons. The summed E-state index contributed by atoms with van der Waals surface area (Å²) in [5.74, 6) is 1.28. The summed E-state index contributed by atoms with van der Waals surface area (Å²) in [5, 5.41) is 5.12. The normalized spacial score (nSPS) is 17.0. The molecule has 5 rings (SSSR count). The quantitative estimate of drug-likeness (QED) is 0.358. The fourth-order valence-electron chi connectivity index (χ4n) is 4.62. The van der Waals surface area contributed by atoms with Gasteiger partial charge in [0, 0.05) is 47.4 Å². The summed E-state index contributed by atoms with van der Waals surface area (Å²) in [7, 11) is 0. The highest BCUT2D eigenvalue weighted by molar-refractivity contribution is 6.33. The van der Waals surface area contributed by atoms with Crippen LogP contribution in [0.3, 0.4) is 0 Å². The van der Waals surface area contributed by atoms with Gasteiger partial charge in [0.25, 0.3) is 0 Å². The van der Waals surface area contributed by atoms with Crippen molar-refractivity contribution in [3.8, 4) is 11.3 Å². The van der Waals surface area contributed by atoms with Crippen molar-refractivity contribution in [2.24, 2.45) is 0 Å². The third kappa shape index (κ3) is 4.61. The molecule has 0 amide bonds. The van der Waals surface area contributed by atoms with E-state index in [9.17, 15) is 0 Å². The van der Waals surface area contributed by atoms with Crippen LogP contribution in [0.15, 0.2) is 60.8 Å². The number of nitrogens with zero attached hydrogens (tertiary/aromatic N) is 3. The number of rotatable bonds is 5. The number of anilines is 1. The Balaban J connectivity index is 1.44. The van der Waals surface area contributed by atoms with Crippen LogP contribution in [-0.4, -0.2) is 38.5 Å². The number of pyridine rings is 2. The Morgan fingerprint density at radius 1 is 1.12 bits per heavy atom. The maximum Gasteiger partial charge on any atom is 0.138 e. The molecular formula is C27H30ClN5. The number of nitrogens with one attached hydrogen (secondary N) is 2. The lowest BCUT2D eigenvalue weighted by molar-refractivity contribution is 0.172. The van der Waals surface area contributed by atoms with Crippen LogP contribution >= 0.6 is 11.6 Å². The van der Waals surface area contributed by atoms with Gasteiger partial charge in [-0.1, -0.05) is 41.9 Å². The standard InChI is InChI=1S/C27H30ClN5/c1-27(2,3)33-14-12-19(17-33)23-15-21-20(11-13-29-26(21)31-23)25-22(28)9-10-24(32-25)30-16-18-7-5-4-6-8-18/h4-11,13,15,19H,12,14,16-17H2,1-3H3,(H,29,31)(H,30,32). The van der Waals surface area contributed by atoms with Gasteiger partial charge in [0.2, 0.25) is 0 Å². The second-order valence-corrected chi connectivity index (χ2v) is 10.2. The lowest BCUT2D eigenvalue weighted by Gasteiger charge is -2.31. The second-order valence-electron chi connectivity index (χ2n) is 9.81. The summed E-state index contributed by atoms with van der Waals surface area (Å²) in [6, 6.07) is 18.4. The summed E-state index contributed by atoms with van der Waals surface area (Å²) >= 11 is 6.62. The van der Waals surface area contributed by atoms with Crippen molar-refractivity contribution < 1.29 is 0 Å². The maximum atomic E-state index is 6.62. The summed E-state index contributed by atoms with van der Waals surface area (Å²) in [5.41, 5.74) is 5.30. The highest BCUT2D eigenvalue weighted by atomic mass is 35.5. The number of fused-ring (bicyclic) bond motifs is 1. The molecule has 33 heavy (non-hydrogen) atoms. The topological polar surface area (TPSA) is 56.8 Å². The third-order valence-corrected chi connectivity index (χ3v) is 6.85. The average molecular weight is 460 g/mol. The smallest absolute Gasteiger partial charge is 0.138 e. The number of benzene rings is 1. The van der Waals surface area contributed by atoms with Crippen LogP contribution in [-0.2, 0) is 6.54 Å². The first-order chi connectivity index (χ1) is 15.9. The molecule has 0 aliphatic carbocycles. The van der Waals surface area contributed by atoms with Gasteiger partial charge in [-0.3, -0.25) is 4.90 Å². The Morgan fingerprint density at radius 2 is 1.94 bits per heavy atom. The van der Waals surface area contributed by atoms with Gasteiger partial charge in [-0.15, -0.1) is 0 Å². The maximum absolute atomic E-state index is 6.62. The van der Waals surface area contributed by atoms with Crippen LogP contribution < -0.4 is 5.32 Å². The van der Waals surface area contributed by atoms with Crippen LogP contribution in [0.25, 0.3) is 22.3 Å². The Bertz CT molecular complexity index is 1260. The highest BCUT2D eigenvalue weighted by Gasteiger charge is 2.32. The predicted molar refractivity (Wildman–Crippen MR) is 137 cm³/mol. The molecule has 0 spiro atoms. The molecular weight excluding hydrogens is 430 g/mol. The van der Waals surface area contributed by atoms with E-state index in [0.717, 1.165) is 47.6 Å². The van der Waals surface area contributed by atoms with Crippen molar-refractivity contribution in [1.82, 2.24) is 19.9 Å². The minimum absolute atomic E-state index is 0.189. The molecule has 0 bridgehead atoms. The van der Waals surface area contributed by atoms with Gasteiger partial charge in [0.05, 0.1) is 10.7 Å². The van der Waals surface area contributed by atoms with Gasteiger partial charge in [0.1, 0.15) is 11.5 Å². The molecule has 4 heterocycles. The number of hydrogen-bond donors (Lipinski definition) is 2. The van der Waals surface area contributed by atoms with Gasteiger partial charge in [-0.25, -0.2) is 9.97 Å². The molecule has 1 aromatic carbocycles. The summed E-state index contributed by atoms with van der Waals surface area (Å²) in [6.45, 7) is 9.74. The van der Waals surface area contributed by atoms with Gasteiger partial charge in [-0.05, 0) is 63.6 Å². The Labute approximate surface area is 200 Å². The van der Waals surface area contributed by atoms with Crippen LogP contribution in [0.4, 0.5) is 5.82 Å². The van der Waals surface area contributed by atoms with E-state index in [4.69, 9.17) is 16.6 Å². The number of hydrogen-bond acceptors (Lipinski definition) is 4. The number of aromatic amines is 1. The van der Waals surface area contributed by atoms with Crippen molar-refractivity contribution in [2.45, 2.75) is 45.2 Å². The second kappa shape index (κ2) is 8.81. The monoisotopic (exact) mass is 459 g/mol. The molecule has 1 fully saturated rings. The van der Waals surface area contributed by atoms with Gasteiger partial charge in [0.15, 0.2) is 0 Å². The molecule has 0 saturated carbocycles. The summed E-state index contributed by atoms with van der Waals surface area (Å²) in [4.78, 5) is 15.6. The van der Waals surface area contributed by atoms with Crippen LogP contribution in [0.2, 0.25) is 5.02 Å². The zero-order chi connectivity index (χ0) is 23.0. The summed E-state index contributed by atoms with van der Waals surface area (Å²) < 4.78 is 0. The Kier molecular flexibility index (Phi) is 5.85. The van der Waals surface area contributed by atoms with Crippen LogP contribution in [0.1, 0.15) is 44.4 Å². The third-order valence-electron chi connectivity index (χ3n) is 6.55. The van der Waals surface area contributed by atoms with Crippen molar-refractivity contribution in [3.05, 3.63) is 77.1 Å². The zero-order valence-electron chi connectivity index (χ0n) is 19.4. The van der Waals surface area contributed by atoms with E-state index in [0.29, 0.717) is 17.5 Å². The molecule has 1 unspecified atom stereocenters. The first kappa shape index (κ1) is 21.9. The molecule has 4 aromatic rings. The zero-order valence-corrected chi connectivity index (χ0v) is 20.2. The number of halogens is 1. The number of likely N-dealkylation sites (tertiary alicyclic amines) is 1. The molecule has 170 valence electrons. The average Bonchev–Trinajstić information content (AvgIpc) is 3.46. The van der Waals surface area contributed by atoms with Crippen molar-refractivity contribution in [1.29, 1.82) is 0 Å². The van der Waals surface area contributed by atoms with Crippen molar-refractivity contribution in [2.75, 3.05) is 18.4 Å². The number of aromatic nitrogens is 3. The first-order valence-corrected chi connectivity index (χ1v) is 11.9. The minimum atomic E-state index is 0.189. The number of H-pyrrole nitrogens is 1. The molecule has 5 nitrogen and oxygen atoms in total. The van der Waals surface area contributed by atoms with Gasteiger partial charge in [-0.2, -0.15) is 0 Å². The van der Waals surface area contributed by atoms with Gasteiger partial charge < -0.3 is 10.3 Å². The summed E-state index contributed by atoms with van der Waals surface area (Å²) in [6.07, 6.45) is 2.98. The lowest BCUT2D eigenvalue weighted by Crippen LogP contribution is -2.39. The Hall–Kier alpha value is -2.89. The van der Waals surface area contributed by atoms with E-state index >= 15 is 0 Å². The van der Waals surface area contributed by atoms with Crippen molar-refractivity contribution >= 4 is 28.5 Å². The molecule has 3 aromatic heterocycles. The van der Waals surface area contributed by atoms with E-state index < -0.39 is 0 Å². The van der Waals surface area contributed by atoms with Crippen LogP contribution in [0, 0.1) is 0 Å². The van der Waals surface area contributed by atoms with E-state index in [1.807, 2.05) is 42.6 Å². The largest absolute Gasteiger partial charge is 0.366 e. The van der Waals surface area contributed by atoms with Crippen LogP contribution in [0.5, 0.6) is 0 Å². The molecule has 1 saturated heterocycles. The minimum Gasteiger partial charge on any atom is -0.366 e. The first-order valence-electron chi connectivity index (χ1n) is 11.6. The van der Waals surface area contributed by atoms with Crippen molar-refractivity contribution in [3.63, 3.8) is 0 Å². The predicted octanol–water partition coefficient (Wildman–Crippen LogP) is 6.48. The molecule has 1 aliphatic heterocycles. The Morgan fingerprint density at radius 3 is 2.70 bits per heavy atom. The molecule has 6 heteroatoms. The lowest BCUT2D eigenvalue weighted by atomic mass is 10.0. The van der Waals surface area contributed by atoms with E-state index in [1.165, 1.54) is 11.3 Å². The van der Waals surface area contributed by atoms with E-state index in [-0.39, 0.29) is 5.54 Å². The SMILES string of the molecule is CC(C)(C)N1CCC(c2cc3c(-c4nc(NCc5ccccc5)ccc4Cl)ccnc3[nH]2)C1. The molecule has 1 aliphatic rings. The fourth-order valence-corrected chi connectivity index (χ4v) is 4.82. The van der Waals surface area contributed by atoms with Gasteiger partial charge >= 0.3 is 0 Å². The fraction of sp³-hybridized carbons (Fsp3) is 0.333.